The zero-order valence-corrected chi connectivity index (χ0v) is 12.8. The fraction of sp³-hybridized carbons (Fsp3) is 0.267. The summed E-state index contributed by atoms with van der Waals surface area (Å²) in [5.74, 6) is 0. The Morgan fingerprint density at radius 1 is 1.42 bits per heavy atom. The van der Waals surface area contributed by atoms with Gasteiger partial charge in [0.25, 0.3) is 0 Å². The van der Waals surface area contributed by atoms with Gasteiger partial charge < -0.3 is 11.1 Å². The van der Waals surface area contributed by atoms with Crippen LogP contribution in [0.15, 0.2) is 35.7 Å². The molecule has 0 bridgehead atoms. The van der Waals surface area contributed by atoms with Crippen molar-refractivity contribution in [1.82, 2.24) is 0 Å². The summed E-state index contributed by atoms with van der Waals surface area (Å²) in [5, 5.41) is 5.60. The highest BCUT2D eigenvalue weighted by molar-refractivity contribution is 7.80. The van der Waals surface area contributed by atoms with Gasteiger partial charge in [0.2, 0.25) is 0 Å². The molecule has 0 saturated carbocycles. The molecule has 1 unspecified atom stereocenters. The number of thiocarbonyl (C=S) groups is 1. The number of nitrogens with one attached hydrogen (secondary N) is 1. The Morgan fingerprint density at radius 3 is 2.84 bits per heavy atom. The van der Waals surface area contributed by atoms with E-state index < -0.39 is 0 Å². The van der Waals surface area contributed by atoms with Crippen LogP contribution in [0, 0.1) is 6.92 Å². The van der Waals surface area contributed by atoms with Crippen molar-refractivity contribution in [2.45, 2.75) is 26.3 Å². The van der Waals surface area contributed by atoms with E-state index >= 15 is 0 Å². The molecule has 2 nitrogen and oxygen atoms in total. The minimum atomic E-state index is 0.342. The summed E-state index contributed by atoms with van der Waals surface area (Å²) in [6.45, 7) is 4.21. The van der Waals surface area contributed by atoms with Crippen LogP contribution in [-0.2, 0) is 6.42 Å². The third-order valence-electron chi connectivity index (χ3n) is 2.93. The highest BCUT2D eigenvalue weighted by atomic mass is 32.1. The van der Waals surface area contributed by atoms with Gasteiger partial charge in [-0.3, -0.25) is 0 Å². The summed E-state index contributed by atoms with van der Waals surface area (Å²) < 4.78 is 0. The molecular weight excluding hydrogens is 272 g/mol. The van der Waals surface area contributed by atoms with Gasteiger partial charge in [-0.1, -0.05) is 29.9 Å². The largest absolute Gasteiger partial charge is 0.389 e. The number of nitrogens with two attached hydrogens (primary N) is 1. The van der Waals surface area contributed by atoms with Gasteiger partial charge >= 0.3 is 0 Å². The highest BCUT2D eigenvalue weighted by Crippen LogP contribution is 2.20. The van der Waals surface area contributed by atoms with Crippen LogP contribution < -0.4 is 11.1 Å². The van der Waals surface area contributed by atoms with Crippen molar-refractivity contribution in [3.05, 3.63) is 51.7 Å². The molecule has 2 rings (SSSR count). The number of rotatable bonds is 5. The van der Waals surface area contributed by atoms with Crippen LogP contribution in [0.25, 0.3) is 0 Å². The third kappa shape index (κ3) is 3.78. The van der Waals surface area contributed by atoms with Crippen molar-refractivity contribution in [2.75, 3.05) is 5.32 Å². The first-order valence-electron chi connectivity index (χ1n) is 6.25. The third-order valence-corrected chi connectivity index (χ3v) is 4.05. The number of benzene rings is 1. The fourth-order valence-electron chi connectivity index (χ4n) is 2.03. The van der Waals surface area contributed by atoms with E-state index in [1.54, 1.807) is 11.3 Å². The first-order valence-corrected chi connectivity index (χ1v) is 7.54. The maximum absolute atomic E-state index is 5.79. The lowest BCUT2D eigenvalue weighted by Crippen LogP contribution is -2.21. The lowest BCUT2D eigenvalue weighted by molar-refractivity contribution is 0.800. The van der Waals surface area contributed by atoms with Crippen molar-refractivity contribution in [2.24, 2.45) is 5.73 Å². The quantitative estimate of drug-likeness (QED) is 0.824. The summed E-state index contributed by atoms with van der Waals surface area (Å²) in [5.41, 5.74) is 8.89. The molecule has 0 amide bonds. The smallest absolute Gasteiger partial charge is 0.106 e. The van der Waals surface area contributed by atoms with Crippen molar-refractivity contribution < 1.29 is 0 Å². The second-order valence-corrected chi connectivity index (χ2v) is 6.21. The van der Waals surface area contributed by atoms with Crippen LogP contribution in [0.4, 0.5) is 5.69 Å². The molecule has 0 spiro atoms. The van der Waals surface area contributed by atoms with E-state index in [1.165, 1.54) is 10.4 Å². The SMILES string of the molecule is Cc1ccc(NC(C)Cc2cccs2)c(C(N)=S)c1. The number of hydrogen-bond donors (Lipinski definition) is 2. The molecule has 1 aromatic heterocycles. The van der Waals surface area contributed by atoms with Crippen LogP contribution in [-0.4, -0.2) is 11.0 Å². The Morgan fingerprint density at radius 2 is 2.21 bits per heavy atom. The van der Waals surface area contributed by atoms with Crippen LogP contribution in [0.5, 0.6) is 0 Å². The number of anilines is 1. The molecule has 0 radical (unpaired) electrons. The molecule has 3 N–H and O–H groups in total. The van der Waals surface area contributed by atoms with Gasteiger partial charge in [0, 0.05) is 28.6 Å². The van der Waals surface area contributed by atoms with Gasteiger partial charge in [-0.25, -0.2) is 0 Å². The summed E-state index contributed by atoms with van der Waals surface area (Å²) in [6, 6.07) is 10.7. The maximum Gasteiger partial charge on any atom is 0.106 e. The van der Waals surface area contributed by atoms with Crippen LogP contribution in [0.1, 0.15) is 22.9 Å². The lowest BCUT2D eigenvalue weighted by Gasteiger charge is -2.17. The first kappa shape index (κ1) is 14.0. The first-order chi connectivity index (χ1) is 9.06. The predicted octanol–water partition coefficient (Wildman–Crippen LogP) is 3.73. The molecule has 100 valence electrons. The van der Waals surface area contributed by atoms with Crippen LogP contribution >= 0.6 is 23.6 Å². The average molecular weight is 290 g/mol. The normalized spacial score (nSPS) is 12.1. The Balaban J connectivity index is 2.12. The molecule has 4 heteroatoms. The Hall–Kier alpha value is -1.39. The monoisotopic (exact) mass is 290 g/mol. The zero-order chi connectivity index (χ0) is 13.8. The minimum absolute atomic E-state index is 0.342. The van der Waals surface area contributed by atoms with E-state index in [0.29, 0.717) is 11.0 Å². The summed E-state index contributed by atoms with van der Waals surface area (Å²) in [7, 11) is 0. The van der Waals surface area contributed by atoms with Crippen LogP contribution in [0.2, 0.25) is 0 Å². The predicted molar refractivity (Wildman–Crippen MR) is 88.2 cm³/mol. The van der Waals surface area contributed by atoms with Crippen molar-refractivity contribution in [3.8, 4) is 0 Å². The second-order valence-electron chi connectivity index (χ2n) is 4.74. The molecule has 0 aliphatic carbocycles. The van der Waals surface area contributed by atoms with Gasteiger partial charge in [0.05, 0.1) is 0 Å². The molecule has 2 aromatic rings. The van der Waals surface area contributed by atoms with Crippen molar-refractivity contribution in [1.29, 1.82) is 0 Å². The number of hydrogen-bond acceptors (Lipinski definition) is 3. The fourth-order valence-corrected chi connectivity index (χ4v) is 3.04. The van der Waals surface area contributed by atoms with E-state index in [1.807, 2.05) is 13.0 Å². The Kier molecular flexibility index (Phi) is 4.56. The van der Waals surface area contributed by atoms with Crippen molar-refractivity contribution >= 4 is 34.2 Å². The molecule has 0 aliphatic heterocycles. The molecular formula is C15H18N2S2. The van der Waals surface area contributed by atoms with Gasteiger partial charge in [-0.2, -0.15) is 0 Å². The lowest BCUT2D eigenvalue weighted by atomic mass is 10.1. The van der Waals surface area contributed by atoms with Gasteiger partial charge in [-0.05, 0) is 37.4 Å². The van der Waals surface area contributed by atoms with Crippen molar-refractivity contribution in [3.63, 3.8) is 0 Å². The molecule has 0 fully saturated rings. The zero-order valence-electron chi connectivity index (χ0n) is 11.1. The van der Waals surface area contributed by atoms with E-state index in [9.17, 15) is 0 Å². The topological polar surface area (TPSA) is 38.0 Å². The van der Waals surface area contributed by atoms with Gasteiger partial charge in [0.1, 0.15) is 4.99 Å². The van der Waals surface area contributed by atoms with Crippen LogP contribution in [0.3, 0.4) is 0 Å². The number of thiophene rings is 1. The highest BCUT2D eigenvalue weighted by Gasteiger charge is 2.09. The average Bonchev–Trinajstić information content (AvgIpc) is 2.83. The van der Waals surface area contributed by atoms with Gasteiger partial charge in [-0.15, -0.1) is 11.3 Å². The van der Waals surface area contributed by atoms with E-state index in [0.717, 1.165) is 17.7 Å². The molecule has 19 heavy (non-hydrogen) atoms. The molecule has 0 aliphatic rings. The molecule has 1 aromatic carbocycles. The second kappa shape index (κ2) is 6.17. The molecule has 1 heterocycles. The Labute approximate surface area is 123 Å². The number of aryl methyl sites for hydroxylation is 1. The van der Waals surface area contributed by atoms with Gasteiger partial charge in [0.15, 0.2) is 0 Å². The standard InChI is InChI=1S/C15H18N2S2/c1-10-5-6-14(13(8-10)15(16)18)17-11(2)9-12-4-3-7-19-12/h3-8,11,17H,9H2,1-2H3,(H2,16,18). The summed E-state index contributed by atoms with van der Waals surface area (Å²) >= 11 is 6.90. The minimum Gasteiger partial charge on any atom is -0.389 e. The Bertz CT molecular complexity index is 562. The van der Waals surface area contributed by atoms with E-state index in [2.05, 4.69) is 41.9 Å². The molecule has 1 atom stereocenters. The maximum atomic E-state index is 5.79. The van der Waals surface area contributed by atoms with E-state index in [-0.39, 0.29) is 0 Å². The molecule has 0 saturated heterocycles. The summed E-state index contributed by atoms with van der Waals surface area (Å²) in [6.07, 6.45) is 1.00. The summed E-state index contributed by atoms with van der Waals surface area (Å²) in [4.78, 5) is 1.82. The van der Waals surface area contributed by atoms with E-state index in [4.69, 9.17) is 18.0 Å².